The zero-order valence-electron chi connectivity index (χ0n) is 11.3. The molecule has 2 heterocycles. The van der Waals surface area contributed by atoms with Crippen molar-refractivity contribution in [3.8, 4) is 0 Å². The SMILES string of the molecule is CCOC(=O)c1csc(N2CC(=O)Nc3ccccc32)n1. The van der Waals surface area contributed by atoms with Gasteiger partial charge in [0.1, 0.15) is 6.54 Å². The van der Waals surface area contributed by atoms with Gasteiger partial charge in [-0.1, -0.05) is 12.1 Å². The van der Waals surface area contributed by atoms with E-state index in [0.717, 1.165) is 11.4 Å². The molecular weight excluding hydrogens is 290 g/mol. The van der Waals surface area contributed by atoms with Crippen LogP contribution in [0.3, 0.4) is 0 Å². The number of rotatable bonds is 3. The molecule has 0 unspecified atom stereocenters. The summed E-state index contributed by atoms with van der Waals surface area (Å²) in [5, 5.41) is 5.05. The second-order valence-electron chi connectivity index (χ2n) is 4.39. The van der Waals surface area contributed by atoms with Gasteiger partial charge in [-0.15, -0.1) is 11.3 Å². The summed E-state index contributed by atoms with van der Waals surface area (Å²) < 4.78 is 4.93. The number of nitrogens with one attached hydrogen (secondary N) is 1. The minimum Gasteiger partial charge on any atom is -0.461 e. The lowest BCUT2D eigenvalue weighted by Gasteiger charge is -2.28. The number of carbonyl (C=O) groups is 2. The maximum atomic E-state index is 11.8. The maximum Gasteiger partial charge on any atom is 0.357 e. The molecule has 6 nitrogen and oxygen atoms in total. The van der Waals surface area contributed by atoms with Crippen LogP contribution in [0.25, 0.3) is 0 Å². The van der Waals surface area contributed by atoms with Crippen LogP contribution in [0.5, 0.6) is 0 Å². The van der Waals surface area contributed by atoms with Gasteiger partial charge in [0, 0.05) is 5.38 Å². The number of ether oxygens (including phenoxy) is 1. The van der Waals surface area contributed by atoms with Crippen LogP contribution in [0.2, 0.25) is 0 Å². The maximum absolute atomic E-state index is 11.8. The number of fused-ring (bicyclic) bond motifs is 1. The lowest BCUT2D eigenvalue weighted by atomic mass is 10.2. The van der Waals surface area contributed by atoms with Crippen molar-refractivity contribution in [2.45, 2.75) is 6.92 Å². The predicted octanol–water partition coefficient (Wildman–Crippen LogP) is 2.41. The van der Waals surface area contributed by atoms with Crippen LogP contribution in [0.1, 0.15) is 17.4 Å². The number of benzene rings is 1. The molecule has 21 heavy (non-hydrogen) atoms. The molecule has 0 radical (unpaired) electrons. The van der Waals surface area contributed by atoms with Crippen LogP contribution in [0, 0.1) is 0 Å². The summed E-state index contributed by atoms with van der Waals surface area (Å²) in [6, 6.07) is 7.48. The molecule has 2 aromatic rings. The number of para-hydroxylation sites is 2. The van der Waals surface area contributed by atoms with Gasteiger partial charge in [0.2, 0.25) is 5.91 Å². The van der Waals surface area contributed by atoms with Crippen molar-refractivity contribution in [1.82, 2.24) is 4.98 Å². The minimum absolute atomic E-state index is 0.110. The van der Waals surface area contributed by atoms with Crippen LogP contribution in [0.4, 0.5) is 16.5 Å². The topological polar surface area (TPSA) is 71.5 Å². The number of amides is 1. The standard InChI is InChI=1S/C14H13N3O3S/c1-2-20-13(19)10-8-21-14(16-10)17-7-12(18)15-9-5-3-4-6-11(9)17/h3-6,8H,2,7H2,1H3,(H,15,18). The van der Waals surface area contributed by atoms with Gasteiger partial charge >= 0.3 is 5.97 Å². The molecule has 1 aromatic carbocycles. The van der Waals surface area contributed by atoms with Gasteiger partial charge in [-0.2, -0.15) is 0 Å². The molecule has 1 aliphatic heterocycles. The smallest absolute Gasteiger partial charge is 0.357 e. The summed E-state index contributed by atoms with van der Waals surface area (Å²) in [5.74, 6) is -0.559. The summed E-state index contributed by atoms with van der Waals surface area (Å²) in [7, 11) is 0. The normalized spacial score (nSPS) is 13.6. The number of thiazole rings is 1. The second-order valence-corrected chi connectivity index (χ2v) is 5.22. The molecule has 1 aliphatic rings. The van der Waals surface area contributed by atoms with Gasteiger partial charge in [0.25, 0.3) is 0 Å². The van der Waals surface area contributed by atoms with Gasteiger partial charge in [0.05, 0.1) is 18.0 Å². The van der Waals surface area contributed by atoms with Gasteiger partial charge in [-0.3, -0.25) is 4.79 Å². The summed E-state index contributed by atoms with van der Waals surface area (Å²) in [4.78, 5) is 29.5. The second kappa shape index (κ2) is 5.53. The Labute approximate surface area is 125 Å². The Hall–Kier alpha value is -2.41. The van der Waals surface area contributed by atoms with Crippen LogP contribution < -0.4 is 10.2 Å². The zero-order valence-corrected chi connectivity index (χ0v) is 12.1. The van der Waals surface area contributed by atoms with E-state index in [4.69, 9.17) is 4.74 Å². The van der Waals surface area contributed by atoms with E-state index in [1.54, 1.807) is 17.2 Å². The third kappa shape index (κ3) is 2.59. The molecule has 0 spiro atoms. The Morgan fingerprint density at radius 2 is 2.29 bits per heavy atom. The van der Waals surface area contributed by atoms with Crippen LogP contribution >= 0.6 is 11.3 Å². The van der Waals surface area contributed by atoms with E-state index in [2.05, 4.69) is 10.3 Å². The zero-order chi connectivity index (χ0) is 14.8. The van der Waals surface area contributed by atoms with E-state index in [-0.39, 0.29) is 18.1 Å². The van der Waals surface area contributed by atoms with E-state index in [0.29, 0.717) is 11.7 Å². The fourth-order valence-electron chi connectivity index (χ4n) is 2.09. The van der Waals surface area contributed by atoms with E-state index in [1.807, 2.05) is 24.3 Å². The predicted molar refractivity (Wildman–Crippen MR) is 80.1 cm³/mol. The lowest BCUT2D eigenvalue weighted by molar-refractivity contribution is -0.115. The molecule has 7 heteroatoms. The first-order valence-corrected chi connectivity index (χ1v) is 7.36. The molecule has 0 fully saturated rings. The summed E-state index contributed by atoms with van der Waals surface area (Å²) in [6.07, 6.45) is 0. The first-order chi connectivity index (χ1) is 10.2. The van der Waals surface area contributed by atoms with Gasteiger partial charge in [-0.05, 0) is 19.1 Å². The van der Waals surface area contributed by atoms with Crippen LogP contribution in [0.15, 0.2) is 29.6 Å². The number of aromatic nitrogens is 1. The molecule has 0 atom stereocenters. The number of hydrogen-bond donors (Lipinski definition) is 1. The lowest BCUT2D eigenvalue weighted by Crippen LogP contribution is -2.34. The van der Waals surface area contributed by atoms with E-state index >= 15 is 0 Å². The molecule has 0 aliphatic carbocycles. The Bertz CT molecular complexity index is 698. The first kappa shape index (κ1) is 13.6. The third-order valence-electron chi connectivity index (χ3n) is 2.98. The van der Waals surface area contributed by atoms with Crippen molar-refractivity contribution in [2.75, 3.05) is 23.4 Å². The van der Waals surface area contributed by atoms with E-state index in [1.165, 1.54) is 11.3 Å². The molecule has 0 saturated heterocycles. The van der Waals surface area contributed by atoms with Crippen molar-refractivity contribution in [3.63, 3.8) is 0 Å². The highest BCUT2D eigenvalue weighted by molar-refractivity contribution is 7.14. The third-order valence-corrected chi connectivity index (χ3v) is 3.84. The average molecular weight is 303 g/mol. The average Bonchev–Trinajstić information content (AvgIpc) is 2.96. The largest absolute Gasteiger partial charge is 0.461 e. The van der Waals surface area contributed by atoms with Crippen LogP contribution in [-0.2, 0) is 9.53 Å². The Balaban J connectivity index is 1.94. The highest BCUT2D eigenvalue weighted by Gasteiger charge is 2.25. The van der Waals surface area contributed by atoms with Crippen molar-refractivity contribution < 1.29 is 14.3 Å². The summed E-state index contributed by atoms with van der Waals surface area (Å²) in [6.45, 7) is 2.23. The number of anilines is 3. The molecule has 108 valence electrons. The molecule has 1 amide bonds. The highest BCUT2D eigenvalue weighted by Crippen LogP contribution is 2.36. The van der Waals surface area contributed by atoms with Crippen molar-refractivity contribution >= 4 is 39.7 Å². The van der Waals surface area contributed by atoms with Crippen molar-refractivity contribution in [2.24, 2.45) is 0 Å². The Morgan fingerprint density at radius 3 is 3.10 bits per heavy atom. The number of esters is 1. The van der Waals surface area contributed by atoms with Gasteiger partial charge in [0.15, 0.2) is 10.8 Å². The Kier molecular flexibility index (Phi) is 3.57. The molecule has 3 rings (SSSR count). The fraction of sp³-hybridized carbons (Fsp3) is 0.214. The van der Waals surface area contributed by atoms with Gasteiger partial charge in [-0.25, -0.2) is 9.78 Å². The molecule has 1 N–H and O–H groups in total. The summed E-state index contributed by atoms with van der Waals surface area (Å²) >= 11 is 1.31. The van der Waals surface area contributed by atoms with Crippen molar-refractivity contribution in [3.05, 3.63) is 35.3 Å². The van der Waals surface area contributed by atoms with Crippen LogP contribution in [-0.4, -0.2) is 30.0 Å². The molecule has 0 bridgehead atoms. The van der Waals surface area contributed by atoms with Crippen molar-refractivity contribution in [1.29, 1.82) is 0 Å². The number of carbonyl (C=O) groups excluding carboxylic acids is 2. The molecule has 1 aromatic heterocycles. The first-order valence-electron chi connectivity index (χ1n) is 6.48. The molecule has 0 saturated carbocycles. The number of hydrogen-bond acceptors (Lipinski definition) is 6. The highest BCUT2D eigenvalue weighted by atomic mass is 32.1. The van der Waals surface area contributed by atoms with E-state index < -0.39 is 5.97 Å². The Morgan fingerprint density at radius 1 is 1.48 bits per heavy atom. The van der Waals surface area contributed by atoms with E-state index in [9.17, 15) is 9.59 Å². The quantitative estimate of drug-likeness (QED) is 0.882. The monoisotopic (exact) mass is 303 g/mol. The van der Waals surface area contributed by atoms with Gasteiger partial charge < -0.3 is 15.0 Å². The summed E-state index contributed by atoms with van der Waals surface area (Å²) in [5.41, 5.74) is 1.86. The number of nitrogens with zero attached hydrogens (tertiary/aromatic N) is 2. The fourth-order valence-corrected chi connectivity index (χ4v) is 2.90. The molecular formula is C14H13N3O3S. The minimum atomic E-state index is -0.449.